The molecular formula is C19H22BrN3O2. The molecule has 2 aromatic carbocycles. The fraction of sp³-hybridized carbons (Fsp3) is 0.316. The molecule has 25 heavy (non-hydrogen) atoms. The molecule has 0 radical (unpaired) electrons. The number of guanidine groups is 1. The Kier molecular flexibility index (Phi) is 5.81. The molecule has 132 valence electrons. The lowest BCUT2D eigenvalue weighted by Gasteiger charge is -2.26. The molecule has 0 fully saturated rings. The second-order valence-corrected chi connectivity index (χ2v) is 6.68. The van der Waals surface area contributed by atoms with Crippen LogP contribution in [-0.4, -0.2) is 26.2 Å². The lowest BCUT2D eigenvalue weighted by Crippen LogP contribution is -2.37. The van der Waals surface area contributed by atoms with Crippen molar-refractivity contribution < 1.29 is 9.47 Å². The summed E-state index contributed by atoms with van der Waals surface area (Å²) in [4.78, 5) is 4.46. The lowest BCUT2D eigenvalue weighted by molar-refractivity contribution is 0.262. The average molecular weight is 404 g/mol. The molecule has 1 heterocycles. The number of hydrogen-bond acceptors (Lipinski definition) is 3. The van der Waals surface area contributed by atoms with Crippen molar-refractivity contribution in [2.75, 3.05) is 20.3 Å². The van der Waals surface area contributed by atoms with Crippen molar-refractivity contribution in [2.45, 2.75) is 18.9 Å². The second-order valence-electron chi connectivity index (χ2n) is 5.82. The van der Waals surface area contributed by atoms with Crippen LogP contribution in [0.25, 0.3) is 0 Å². The monoisotopic (exact) mass is 403 g/mol. The van der Waals surface area contributed by atoms with Gasteiger partial charge in [-0.2, -0.15) is 0 Å². The van der Waals surface area contributed by atoms with Gasteiger partial charge in [-0.3, -0.25) is 4.99 Å². The van der Waals surface area contributed by atoms with E-state index in [0.29, 0.717) is 19.1 Å². The highest BCUT2D eigenvalue weighted by atomic mass is 79.9. The zero-order valence-corrected chi connectivity index (χ0v) is 15.8. The third-order valence-corrected chi connectivity index (χ3v) is 4.82. The van der Waals surface area contributed by atoms with Crippen LogP contribution < -0.4 is 20.5 Å². The van der Waals surface area contributed by atoms with Gasteiger partial charge in [0.25, 0.3) is 0 Å². The minimum Gasteiger partial charge on any atom is -0.495 e. The van der Waals surface area contributed by atoms with E-state index in [1.54, 1.807) is 7.11 Å². The molecule has 3 rings (SSSR count). The number of hydrogen-bond donors (Lipinski definition) is 2. The molecule has 0 aliphatic carbocycles. The second kappa shape index (κ2) is 8.25. The fourth-order valence-electron chi connectivity index (χ4n) is 2.99. The van der Waals surface area contributed by atoms with Crippen LogP contribution in [0, 0.1) is 0 Å². The average Bonchev–Trinajstić information content (AvgIpc) is 2.62. The molecule has 0 aromatic heterocycles. The number of para-hydroxylation sites is 2. The Morgan fingerprint density at radius 1 is 1.32 bits per heavy atom. The maximum absolute atomic E-state index is 6.08. The number of benzene rings is 2. The Morgan fingerprint density at radius 2 is 2.16 bits per heavy atom. The molecule has 0 amide bonds. The van der Waals surface area contributed by atoms with E-state index >= 15 is 0 Å². The minimum atomic E-state index is 0.133. The first-order valence-electron chi connectivity index (χ1n) is 8.28. The number of halogens is 1. The van der Waals surface area contributed by atoms with E-state index in [4.69, 9.17) is 15.2 Å². The Labute approximate surface area is 156 Å². The number of aliphatic imine (C=N–C) groups is 1. The minimum absolute atomic E-state index is 0.133. The van der Waals surface area contributed by atoms with E-state index in [2.05, 4.69) is 32.3 Å². The third-order valence-electron chi connectivity index (χ3n) is 4.20. The maximum Gasteiger partial charge on any atom is 0.189 e. The van der Waals surface area contributed by atoms with Crippen LogP contribution in [0.5, 0.6) is 11.5 Å². The van der Waals surface area contributed by atoms with Crippen LogP contribution in [0.3, 0.4) is 0 Å². The van der Waals surface area contributed by atoms with Crippen molar-refractivity contribution >= 4 is 21.9 Å². The van der Waals surface area contributed by atoms with E-state index in [1.165, 1.54) is 0 Å². The molecule has 1 aliphatic heterocycles. The van der Waals surface area contributed by atoms with E-state index in [9.17, 15) is 0 Å². The van der Waals surface area contributed by atoms with Crippen LogP contribution in [0.4, 0.5) is 0 Å². The van der Waals surface area contributed by atoms with E-state index in [-0.39, 0.29) is 6.04 Å². The van der Waals surface area contributed by atoms with Crippen molar-refractivity contribution in [3.8, 4) is 11.5 Å². The van der Waals surface area contributed by atoms with E-state index in [0.717, 1.165) is 39.9 Å². The van der Waals surface area contributed by atoms with Gasteiger partial charge in [-0.25, -0.2) is 0 Å². The zero-order chi connectivity index (χ0) is 17.6. The molecule has 1 unspecified atom stereocenters. The number of nitrogens with one attached hydrogen (secondary N) is 1. The van der Waals surface area contributed by atoms with Crippen LogP contribution in [0.1, 0.15) is 23.6 Å². The molecule has 0 spiro atoms. The summed E-state index contributed by atoms with van der Waals surface area (Å²) in [7, 11) is 1.67. The summed E-state index contributed by atoms with van der Waals surface area (Å²) >= 11 is 3.50. The van der Waals surface area contributed by atoms with Gasteiger partial charge in [0.15, 0.2) is 5.96 Å². The van der Waals surface area contributed by atoms with Gasteiger partial charge in [0, 0.05) is 18.5 Å². The predicted octanol–water partition coefficient (Wildman–Crippen LogP) is 3.43. The Balaban J connectivity index is 1.61. The largest absolute Gasteiger partial charge is 0.495 e. The predicted molar refractivity (Wildman–Crippen MR) is 103 cm³/mol. The first kappa shape index (κ1) is 17.6. The van der Waals surface area contributed by atoms with Gasteiger partial charge in [-0.15, -0.1) is 0 Å². The molecule has 0 saturated carbocycles. The van der Waals surface area contributed by atoms with Crippen molar-refractivity contribution in [1.29, 1.82) is 0 Å². The Hall–Kier alpha value is -2.21. The topological polar surface area (TPSA) is 68.9 Å². The van der Waals surface area contributed by atoms with Gasteiger partial charge in [0.1, 0.15) is 11.5 Å². The summed E-state index contributed by atoms with van der Waals surface area (Å²) in [5.74, 6) is 2.22. The van der Waals surface area contributed by atoms with Crippen molar-refractivity contribution in [1.82, 2.24) is 5.32 Å². The summed E-state index contributed by atoms with van der Waals surface area (Å²) in [6, 6.07) is 14.2. The summed E-state index contributed by atoms with van der Waals surface area (Å²) < 4.78 is 12.1. The maximum atomic E-state index is 6.08. The zero-order valence-electron chi connectivity index (χ0n) is 14.2. The molecule has 2 aromatic rings. The van der Waals surface area contributed by atoms with Gasteiger partial charge in [-0.1, -0.05) is 30.3 Å². The van der Waals surface area contributed by atoms with Gasteiger partial charge in [0.05, 0.1) is 24.2 Å². The number of fused-ring (bicyclic) bond motifs is 1. The third kappa shape index (κ3) is 4.25. The quantitative estimate of drug-likeness (QED) is 0.592. The fourth-order valence-corrected chi connectivity index (χ4v) is 3.56. The lowest BCUT2D eigenvalue weighted by atomic mass is 10.0. The van der Waals surface area contributed by atoms with Crippen LogP contribution in [0.2, 0.25) is 0 Å². The van der Waals surface area contributed by atoms with E-state index < -0.39 is 0 Å². The van der Waals surface area contributed by atoms with Gasteiger partial charge < -0.3 is 20.5 Å². The smallest absolute Gasteiger partial charge is 0.189 e. The van der Waals surface area contributed by atoms with Gasteiger partial charge >= 0.3 is 0 Å². The van der Waals surface area contributed by atoms with Gasteiger partial charge in [0.2, 0.25) is 0 Å². The van der Waals surface area contributed by atoms with Crippen molar-refractivity contribution in [3.05, 3.63) is 58.1 Å². The van der Waals surface area contributed by atoms with Crippen LogP contribution in [0.15, 0.2) is 51.9 Å². The highest BCUT2D eigenvalue weighted by Crippen LogP contribution is 2.31. The van der Waals surface area contributed by atoms with Crippen LogP contribution >= 0.6 is 15.9 Å². The molecule has 3 N–H and O–H groups in total. The summed E-state index contributed by atoms with van der Waals surface area (Å²) in [5, 5.41) is 3.31. The Bertz CT molecular complexity index is 764. The standard InChI is InChI=1S/C19H22BrN3O2/c1-24-18-13(5-4-7-15(18)20)9-11-22-19(21)23-16-10-12-25-17-8-3-2-6-14(16)17/h2-8,16H,9-12H2,1H3,(H3,21,22,23). The highest BCUT2D eigenvalue weighted by Gasteiger charge is 2.21. The molecule has 0 saturated heterocycles. The molecule has 5 nitrogen and oxygen atoms in total. The summed E-state index contributed by atoms with van der Waals surface area (Å²) in [6.07, 6.45) is 1.63. The number of methoxy groups -OCH3 is 1. The number of nitrogens with two attached hydrogens (primary N) is 1. The number of nitrogens with zero attached hydrogens (tertiary/aromatic N) is 1. The first-order chi connectivity index (χ1) is 12.2. The molecule has 1 aliphatic rings. The molecule has 6 heteroatoms. The normalized spacial score (nSPS) is 16.7. The van der Waals surface area contributed by atoms with Gasteiger partial charge in [-0.05, 0) is 40.0 Å². The Morgan fingerprint density at radius 3 is 3.00 bits per heavy atom. The van der Waals surface area contributed by atoms with Crippen molar-refractivity contribution in [3.63, 3.8) is 0 Å². The molecule has 1 atom stereocenters. The summed E-state index contributed by atoms with van der Waals surface area (Å²) in [5.41, 5.74) is 8.31. The van der Waals surface area contributed by atoms with E-state index in [1.807, 2.05) is 36.4 Å². The van der Waals surface area contributed by atoms with Crippen LogP contribution in [-0.2, 0) is 6.42 Å². The number of ether oxygens (including phenoxy) is 2. The van der Waals surface area contributed by atoms with Crippen molar-refractivity contribution in [2.24, 2.45) is 10.7 Å². The highest BCUT2D eigenvalue weighted by molar-refractivity contribution is 9.10. The molecule has 0 bridgehead atoms. The summed E-state index contributed by atoms with van der Waals surface area (Å²) in [6.45, 7) is 1.27. The molecular weight excluding hydrogens is 382 g/mol. The first-order valence-corrected chi connectivity index (χ1v) is 9.08. The SMILES string of the molecule is COc1c(Br)cccc1CCN=C(N)NC1CCOc2ccccc21. The number of rotatable bonds is 5.